The summed E-state index contributed by atoms with van der Waals surface area (Å²) in [6.07, 6.45) is 3.46. The number of hydrogen-bond donors (Lipinski definition) is 2. The first kappa shape index (κ1) is 7.81. The number of aliphatic carboxylic acids is 1. The van der Waals surface area contributed by atoms with E-state index in [1.807, 2.05) is 7.05 Å². The monoisotopic (exact) mass is 154 g/mol. The number of rotatable bonds is 2. The number of carboxylic acids is 1. The van der Waals surface area contributed by atoms with E-state index >= 15 is 0 Å². The van der Waals surface area contributed by atoms with E-state index in [-0.39, 0.29) is 0 Å². The summed E-state index contributed by atoms with van der Waals surface area (Å²) in [4.78, 5) is 10.4. The lowest BCUT2D eigenvalue weighted by Gasteiger charge is -2.01. The number of carbonyl (C=O) groups is 1. The molecule has 11 heavy (non-hydrogen) atoms. The molecule has 0 bridgehead atoms. The Kier molecular flexibility index (Phi) is 1.96. The van der Waals surface area contributed by atoms with Gasteiger partial charge in [-0.25, -0.2) is 0 Å². The van der Waals surface area contributed by atoms with Crippen LogP contribution in [0.25, 0.3) is 0 Å². The van der Waals surface area contributed by atoms with Crippen molar-refractivity contribution >= 4 is 5.97 Å². The lowest BCUT2D eigenvalue weighted by atomic mass is 10.2. The number of nitrogens with zero attached hydrogens (tertiary/aromatic N) is 1. The average molecular weight is 154 g/mol. The molecule has 1 atom stereocenters. The van der Waals surface area contributed by atoms with Gasteiger partial charge >= 0.3 is 5.97 Å². The summed E-state index contributed by atoms with van der Waals surface area (Å²) in [5, 5.41) is 8.51. The van der Waals surface area contributed by atoms with E-state index in [0.29, 0.717) is 5.56 Å². The van der Waals surface area contributed by atoms with Crippen molar-refractivity contribution < 1.29 is 9.90 Å². The van der Waals surface area contributed by atoms with Gasteiger partial charge in [0, 0.05) is 19.4 Å². The van der Waals surface area contributed by atoms with Gasteiger partial charge in [0.05, 0.1) is 0 Å². The SMILES string of the molecule is Cn1ccc(C(N)C(=O)O)c1. The Labute approximate surface area is 64.2 Å². The van der Waals surface area contributed by atoms with Gasteiger partial charge in [0.2, 0.25) is 0 Å². The van der Waals surface area contributed by atoms with E-state index in [1.54, 1.807) is 23.0 Å². The third-order valence-corrected chi connectivity index (χ3v) is 1.48. The maximum Gasteiger partial charge on any atom is 0.325 e. The molecule has 1 rings (SSSR count). The quantitative estimate of drug-likeness (QED) is 0.635. The van der Waals surface area contributed by atoms with Crippen LogP contribution in [0, 0.1) is 0 Å². The lowest BCUT2D eigenvalue weighted by molar-refractivity contribution is -0.138. The van der Waals surface area contributed by atoms with Gasteiger partial charge in [-0.3, -0.25) is 4.79 Å². The molecule has 60 valence electrons. The third-order valence-electron chi connectivity index (χ3n) is 1.48. The zero-order valence-electron chi connectivity index (χ0n) is 6.19. The summed E-state index contributed by atoms with van der Waals surface area (Å²) in [6, 6.07) is 0.787. The van der Waals surface area contributed by atoms with Crippen LogP contribution in [0.5, 0.6) is 0 Å². The van der Waals surface area contributed by atoms with Crippen LogP contribution in [0.15, 0.2) is 18.5 Å². The molecular formula is C7H10N2O2. The van der Waals surface area contributed by atoms with Crippen molar-refractivity contribution in [3.63, 3.8) is 0 Å². The van der Waals surface area contributed by atoms with E-state index in [9.17, 15) is 4.79 Å². The highest BCUT2D eigenvalue weighted by atomic mass is 16.4. The minimum absolute atomic E-state index is 0.625. The van der Waals surface area contributed by atoms with Crippen LogP contribution in [0.2, 0.25) is 0 Å². The summed E-state index contributed by atoms with van der Waals surface area (Å²) in [7, 11) is 1.82. The molecule has 0 fully saturated rings. The van der Waals surface area contributed by atoms with E-state index < -0.39 is 12.0 Å². The molecule has 1 aromatic heterocycles. The summed E-state index contributed by atoms with van der Waals surface area (Å²) >= 11 is 0. The number of aryl methyl sites for hydroxylation is 1. The maximum atomic E-state index is 10.4. The van der Waals surface area contributed by atoms with Crippen molar-refractivity contribution in [1.29, 1.82) is 0 Å². The smallest absolute Gasteiger partial charge is 0.325 e. The van der Waals surface area contributed by atoms with Gasteiger partial charge in [-0.15, -0.1) is 0 Å². The van der Waals surface area contributed by atoms with Crippen molar-refractivity contribution in [2.45, 2.75) is 6.04 Å². The minimum Gasteiger partial charge on any atom is -0.480 e. The Bertz CT molecular complexity index is 267. The van der Waals surface area contributed by atoms with Crippen LogP contribution in [0.1, 0.15) is 11.6 Å². The summed E-state index contributed by atoms with van der Waals surface area (Å²) in [5.41, 5.74) is 5.96. The fourth-order valence-electron chi connectivity index (χ4n) is 0.851. The molecule has 4 heteroatoms. The highest BCUT2D eigenvalue weighted by Gasteiger charge is 2.14. The maximum absolute atomic E-state index is 10.4. The van der Waals surface area contributed by atoms with Crippen LogP contribution in [-0.2, 0) is 11.8 Å². The molecule has 0 spiro atoms. The van der Waals surface area contributed by atoms with E-state index in [2.05, 4.69) is 0 Å². The first-order valence-corrected chi connectivity index (χ1v) is 3.21. The van der Waals surface area contributed by atoms with E-state index in [0.717, 1.165) is 0 Å². The van der Waals surface area contributed by atoms with Crippen LogP contribution < -0.4 is 5.73 Å². The molecule has 0 aliphatic carbocycles. The topological polar surface area (TPSA) is 68.2 Å². The van der Waals surface area contributed by atoms with Gasteiger partial charge in [-0.1, -0.05) is 0 Å². The van der Waals surface area contributed by atoms with Crippen molar-refractivity contribution in [2.24, 2.45) is 12.8 Å². The molecule has 0 aliphatic rings. The summed E-state index contributed by atoms with van der Waals surface area (Å²) < 4.78 is 1.76. The zero-order valence-corrected chi connectivity index (χ0v) is 6.19. The number of nitrogens with two attached hydrogens (primary N) is 1. The Morgan fingerprint density at radius 1 is 1.82 bits per heavy atom. The molecule has 1 heterocycles. The van der Waals surface area contributed by atoms with Crippen molar-refractivity contribution in [1.82, 2.24) is 4.57 Å². The normalized spacial score (nSPS) is 12.9. The van der Waals surface area contributed by atoms with Crippen molar-refractivity contribution in [3.8, 4) is 0 Å². The average Bonchev–Trinajstić information content (AvgIpc) is 2.34. The largest absolute Gasteiger partial charge is 0.480 e. The van der Waals surface area contributed by atoms with Crippen LogP contribution in [-0.4, -0.2) is 15.6 Å². The van der Waals surface area contributed by atoms with Gasteiger partial charge in [-0.2, -0.15) is 0 Å². The second-order valence-corrected chi connectivity index (χ2v) is 2.43. The predicted molar refractivity (Wildman–Crippen MR) is 40.0 cm³/mol. The first-order valence-electron chi connectivity index (χ1n) is 3.21. The van der Waals surface area contributed by atoms with Gasteiger partial charge in [-0.05, 0) is 11.6 Å². The summed E-state index contributed by atoms with van der Waals surface area (Å²) in [6.45, 7) is 0. The third kappa shape index (κ3) is 1.59. The highest BCUT2D eigenvalue weighted by molar-refractivity contribution is 5.75. The molecular weight excluding hydrogens is 144 g/mol. The first-order chi connectivity index (χ1) is 5.11. The van der Waals surface area contributed by atoms with Gasteiger partial charge in [0.15, 0.2) is 0 Å². The molecule has 3 N–H and O–H groups in total. The van der Waals surface area contributed by atoms with Crippen molar-refractivity contribution in [3.05, 3.63) is 24.0 Å². The highest BCUT2D eigenvalue weighted by Crippen LogP contribution is 2.09. The van der Waals surface area contributed by atoms with E-state index in [4.69, 9.17) is 10.8 Å². The fraction of sp³-hybridized carbons (Fsp3) is 0.286. The Morgan fingerprint density at radius 2 is 2.45 bits per heavy atom. The zero-order chi connectivity index (χ0) is 8.43. The number of carboxylic acid groups (broad SMARTS) is 1. The molecule has 0 aromatic carbocycles. The van der Waals surface area contributed by atoms with Crippen LogP contribution in [0.3, 0.4) is 0 Å². The van der Waals surface area contributed by atoms with Crippen molar-refractivity contribution in [2.75, 3.05) is 0 Å². The minimum atomic E-state index is -1.00. The number of aromatic nitrogens is 1. The Morgan fingerprint density at radius 3 is 2.82 bits per heavy atom. The molecule has 0 aliphatic heterocycles. The standard InChI is InChI=1S/C7H10N2O2/c1-9-3-2-5(4-9)6(8)7(10)11/h2-4,6H,8H2,1H3,(H,10,11). The fourth-order valence-corrected chi connectivity index (χ4v) is 0.851. The molecule has 1 aromatic rings. The van der Waals surface area contributed by atoms with Crippen LogP contribution >= 0.6 is 0 Å². The Balaban J connectivity index is 2.84. The molecule has 4 nitrogen and oxygen atoms in total. The molecule has 0 saturated carbocycles. The van der Waals surface area contributed by atoms with Gasteiger partial charge < -0.3 is 15.4 Å². The van der Waals surface area contributed by atoms with E-state index in [1.165, 1.54) is 0 Å². The Hall–Kier alpha value is -1.29. The van der Waals surface area contributed by atoms with Crippen LogP contribution in [0.4, 0.5) is 0 Å². The second kappa shape index (κ2) is 2.75. The second-order valence-electron chi connectivity index (χ2n) is 2.43. The van der Waals surface area contributed by atoms with Gasteiger partial charge in [0.25, 0.3) is 0 Å². The van der Waals surface area contributed by atoms with Gasteiger partial charge in [0.1, 0.15) is 6.04 Å². The molecule has 0 amide bonds. The molecule has 1 unspecified atom stereocenters. The molecule has 0 saturated heterocycles. The lowest BCUT2D eigenvalue weighted by Crippen LogP contribution is -2.19. The number of hydrogen-bond acceptors (Lipinski definition) is 2. The summed E-state index contributed by atoms with van der Waals surface area (Å²) in [5.74, 6) is -1.00. The predicted octanol–water partition coefficient (Wildman–Crippen LogP) is 0.109. The molecule has 0 radical (unpaired) electrons.